The van der Waals surface area contributed by atoms with Crippen LogP contribution in [-0.4, -0.2) is 23.7 Å². The maximum atomic E-state index is 11.9. The highest BCUT2D eigenvalue weighted by atomic mass is 32.1. The van der Waals surface area contributed by atoms with Gasteiger partial charge in [0.05, 0.1) is 6.10 Å². The summed E-state index contributed by atoms with van der Waals surface area (Å²) >= 11 is 1.67. The Bertz CT molecular complexity index is 368. The summed E-state index contributed by atoms with van der Waals surface area (Å²) in [4.78, 5) is 13.1. The van der Waals surface area contributed by atoms with Crippen LogP contribution in [0.25, 0.3) is 0 Å². The monoisotopic (exact) mass is 269 g/mol. The van der Waals surface area contributed by atoms with Crippen LogP contribution in [0.4, 0.5) is 0 Å². The molecule has 1 aromatic rings. The van der Waals surface area contributed by atoms with Crippen LogP contribution >= 0.6 is 11.3 Å². The van der Waals surface area contributed by atoms with Crippen molar-refractivity contribution < 1.29 is 9.90 Å². The van der Waals surface area contributed by atoms with Crippen molar-refractivity contribution in [1.29, 1.82) is 0 Å². The molecule has 18 heavy (non-hydrogen) atoms. The smallest absolute Gasteiger partial charge is 0.223 e. The molecular formula is C14H23NO2S. The molecule has 0 saturated heterocycles. The first-order valence-electron chi connectivity index (χ1n) is 6.29. The van der Waals surface area contributed by atoms with E-state index < -0.39 is 6.10 Å². The zero-order valence-corrected chi connectivity index (χ0v) is 12.4. The van der Waals surface area contributed by atoms with Crippen LogP contribution < -0.4 is 5.32 Å². The number of aliphatic hydroxyl groups excluding tert-OH is 1. The third kappa shape index (κ3) is 4.78. The van der Waals surface area contributed by atoms with Gasteiger partial charge in [0.25, 0.3) is 0 Å². The molecule has 0 radical (unpaired) electrons. The van der Waals surface area contributed by atoms with Crippen molar-refractivity contribution in [3.8, 4) is 0 Å². The van der Waals surface area contributed by atoms with E-state index in [1.165, 1.54) is 4.88 Å². The van der Waals surface area contributed by atoms with Crippen molar-refractivity contribution in [1.82, 2.24) is 5.32 Å². The van der Waals surface area contributed by atoms with Gasteiger partial charge in [0.15, 0.2) is 0 Å². The van der Waals surface area contributed by atoms with Crippen molar-refractivity contribution in [3.05, 3.63) is 22.4 Å². The summed E-state index contributed by atoms with van der Waals surface area (Å²) in [6.45, 7) is 8.10. The van der Waals surface area contributed by atoms with Gasteiger partial charge in [-0.2, -0.15) is 0 Å². The summed E-state index contributed by atoms with van der Waals surface area (Å²) in [5.74, 6) is -0.0532. The van der Waals surface area contributed by atoms with Crippen LogP contribution in [0.1, 0.15) is 32.6 Å². The van der Waals surface area contributed by atoms with Crippen molar-refractivity contribution in [2.45, 2.75) is 40.2 Å². The molecule has 4 heteroatoms. The standard InChI is InChI=1S/C14H23NO2S/c1-10(8-11-6-5-7-18-11)13(17)15-9-12(16)14(2,3)4/h5-7,10,12,16H,8-9H2,1-4H3,(H,15,17). The van der Waals surface area contributed by atoms with Gasteiger partial charge in [-0.3, -0.25) is 4.79 Å². The zero-order chi connectivity index (χ0) is 13.8. The molecule has 0 aliphatic rings. The van der Waals surface area contributed by atoms with E-state index in [1.807, 2.05) is 45.2 Å². The minimum atomic E-state index is -0.518. The maximum Gasteiger partial charge on any atom is 0.223 e. The van der Waals surface area contributed by atoms with Crippen LogP contribution in [0.3, 0.4) is 0 Å². The van der Waals surface area contributed by atoms with E-state index in [-0.39, 0.29) is 17.2 Å². The first-order chi connectivity index (χ1) is 8.30. The Hall–Kier alpha value is -0.870. The number of carbonyl (C=O) groups is 1. The Morgan fingerprint density at radius 1 is 1.50 bits per heavy atom. The predicted molar refractivity (Wildman–Crippen MR) is 75.7 cm³/mol. The number of hydrogen-bond acceptors (Lipinski definition) is 3. The van der Waals surface area contributed by atoms with Crippen molar-refractivity contribution in [2.24, 2.45) is 11.3 Å². The van der Waals surface area contributed by atoms with E-state index >= 15 is 0 Å². The van der Waals surface area contributed by atoms with E-state index in [9.17, 15) is 9.90 Å². The van der Waals surface area contributed by atoms with Crippen LogP contribution in [-0.2, 0) is 11.2 Å². The average Bonchev–Trinajstić information content (AvgIpc) is 2.76. The van der Waals surface area contributed by atoms with Gasteiger partial charge in [-0.05, 0) is 23.3 Å². The van der Waals surface area contributed by atoms with E-state index in [1.54, 1.807) is 11.3 Å². The molecule has 2 atom stereocenters. The number of nitrogens with one attached hydrogen (secondary N) is 1. The lowest BCUT2D eigenvalue weighted by Gasteiger charge is -2.26. The summed E-state index contributed by atoms with van der Waals surface area (Å²) in [5, 5.41) is 14.7. The highest BCUT2D eigenvalue weighted by molar-refractivity contribution is 7.09. The van der Waals surface area contributed by atoms with Crippen molar-refractivity contribution in [2.75, 3.05) is 6.54 Å². The molecule has 102 valence electrons. The number of amides is 1. The number of hydrogen-bond donors (Lipinski definition) is 2. The Morgan fingerprint density at radius 2 is 2.17 bits per heavy atom. The molecule has 0 saturated carbocycles. The molecule has 1 heterocycles. The maximum absolute atomic E-state index is 11.9. The second kappa shape index (κ2) is 6.34. The van der Waals surface area contributed by atoms with Gasteiger partial charge in [-0.1, -0.05) is 33.8 Å². The predicted octanol–water partition coefficient (Wildman–Crippen LogP) is 2.45. The number of rotatable bonds is 5. The molecule has 0 aliphatic heterocycles. The first-order valence-corrected chi connectivity index (χ1v) is 7.17. The van der Waals surface area contributed by atoms with Gasteiger partial charge in [0.1, 0.15) is 0 Å². The molecule has 2 unspecified atom stereocenters. The fourth-order valence-electron chi connectivity index (χ4n) is 1.50. The third-order valence-corrected chi connectivity index (χ3v) is 3.90. The van der Waals surface area contributed by atoms with Crippen LogP contribution in [0.15, 0.2) is 17.5 Å². The van der Waals surface area contributed by atoms with Crippen LogP contribution in [0, 0.1) is 11.3 Å². The molecule has 1 aromatic heterocycles. The van der Waals surface area contributed by atoms with E-state index in [2.05, 4.69) is 5.32 Å². The van der Waals surface area contributed by atoms with Gasteiger partial charge in [0.2, 0.25) is 5.91 Å². The molecule has 3 nitrogen and oxygen atoms in total. The highest BCUT2D eigenvalue weighted by Crippen LogP contribution is 2.18. The van der Waals surface area contributed by atoms with E-state index in [4.69, 9.17) is 0 Å². The lowest BCUT2D eigenvalue weighted by Crippen LogP contribution is -2.41. The minimum Gasteiger partial charge on any atom is -0.391 e. The summed E-state index contributed by atoms with van der Waals surface area (Å²) in [6, 6.07) is 4.03. The van der Waals surface area contributed by atoms with Crippen LogP contribution in [0.5, 0.6) is 0 Å². The Balaban J connectivity index is 2.36. The van der Waals surface area contributed by atoms with E-state index in [0.717, 1.165) is 6.42 Å². The average molecular weight is 269 g/mol. The summed E-state index contributed by atoms with van der Waals surface area (Å²) in [5.41, 5.74) is -0.204. The second-order valence-corrected chi connectivity index (χ2v) is 6.84. The van der Waals surface area contributed by atoms with E-state index in [0.29, 0.717) is 6.54 Å². The molecule has 0 aliphatic carbocycles. The molecule has 1 amide bonds. The topological polar surface area (TPSA) is 49.3 Å². The molecule has 0 spiro atoms. The molecule has 0 aromatic carbocycles. The SMILES string of the molecule is CC(Cc1cccs1)C(=O)NCC(O)C(C)(C)C. The van der Waals surface area contributed by atoms with Gasteiger partial charge < -0.3 is 10.4 Å². The van der Waals surface area contributed by atoms with Gasteiger partial charge in [-0.25, -0.2) is 0 Å². The van der Waals surface area contributed by atoms with Crippen molar-refractivity contribution >= 4 is 17.2 Å². The van der Waals surface area contributed by atoms with Gasteiger partial charge >= 0.3 is 0 Å². The normalized spacial score (nSPS) is 15.2. The van der Waals surface area contributed by atoms with Crippen LogP contribution in [0.2, 0.25) is 0 Å². The Labute approximate surface area is 113 Å². The summed E-state index contributed by atoms with van der Waals surface area (Å²) in [7, 11) is 0. The third-order valence-electron chi connectivity index (χ3n) is 3.00. The summed E-state index contributed by atoms with van der Waals surface area (Å²) in [6.07, 6.45) is 0.241. The Kier molecular flexibility index (Phi) is 5.35. The fraction of sp³-hybridized carbons (Fsp3) is 0.643. The highest BCUT2D eigenvalue weighted by Gasteiger charge is 2.23. The lowest BCUT2D eigenvalue weighted by atomic mass is 9.89. The Morgan fingerprint density at radius 3 is 2.67 bits per heavy atom. The number of carbonyl (C=O) groups excluding carboxylic acids is 1. The second-order valence-electron chi connectivity index (χ2n) is 5.81. The van der Waals surface area contributed by atoms with Gasteiger partial charge in [-0.15, -0.1) is 11.3 Å². The van der Waals surface area contributed by atoms with Crippen molar-refractivity contribution in [3.63, 3.8) is 0 Å². The summed E-state index contributed by atoms with van der Waals surface area (Å²) < 4.78 is 0. The molecule has 1 rings (SSSR count). The quantitative estimate of drug-likeness (QED) is 0.862. The fourth-order valence-corrected chi connectivity index (χ4v) is 2.34. The number of thiophene rings is 1. The van der Waals surface area contributed by atoms with Gasteiger partial charge in [0, 0.05) is 17.3 Å². The number of aliphatic hydroxyl groups is 1. The zero-order valence-electron chi connectivity index (χ0n) is 11.6. The molecule has 2 N–H and O–H groups in total. The minimum absolute atomic E-state index is 0.00620. The molecular weight excluding hydrogens is 246 g/mol. The lowest BCUT2D eigenvalue weighted by molar-refractivity contribution is -0.125. The first kappa shape index (κ1) is 15.2. The largest absolute Gasteiger partial charge is 0.391 e. The molecule has 0 bridgehead atoms. The molecule has 0 fully saturated rings.